The van der Waals surface area contributed by atoms with E-state index >= 15 is 0 Å². The lowest BCUT2D eigenvalue weighted by Gasteiger charge is -2.24. The zero-order chi connectivity index (χ0) is 28.6. The highest BCUT2D eigenvalue weighted by Gasteiger charge is 2.27. The third-order valence-electron chi connectivity index (χ3n) is 7.20. The van der Waals surface area contributed by atoms with E-state index in [0.29, 0.717) is 34.4 Å². The Morgan fingerprint density at radius 1 is 0.575 bits per heavy atom. The molecule has 0 aromatic heterocycles. The lowest BCUT2D eigenvalue weighted by molar-refractivity contribution is -0.119. The van der Waals surface area contributed by atoms with E-state index in [2.05, 4.69) is 0 Å². The Morgan fingerprint density at radius 3 is 1.23 bits per heavy atom. The van der Waals surface area contributed by atoms with Crippen molar-refractivity contribution in [2.45, 2.75) is 24.7 Å². The van der Waals surface area contributed by atoms with E-state index in [-0.39, 0.29) is 30.5 Å². The topological polar surface area (TPSA) is 106 Å². The largest absolute Gasteiger partial charge is 0.493 e. The quantitative estimate of drug-likeness (QED) is 0.206. The molecule has 40 heavy (non-hydrogen) atoms. The van der Waals surface area contributed by atoms with Crippen LogP contribution in [0.2, 0.25) is 0 Å². The molecule has 2 unspecified atom stereocenters. The van der Waals surface area contributed by atoms with E-state index in [1.165, 1.54) is 0 Å². The molecule has 0 saturated carbocycles. The Hall–Kier alpha value is -4.65. The maximum atomic E-state index is 13.9. The molecule has 4 N–H and O–H groups in total. The van der Waals surface area contributed by atoms with Gasteiger partial charge in [-0.15, -0.1) is 0 Å². The molecule has 0 heterocycles. The van der Waals surface area contributed by atoms with Crippen LogP contribution in [-0.4, -0.2) is 34.2 Å². The first-order valence-electron chi connectivity index (χ1n) is 13.0. The molecule has 208 valence electrons. The molecule has 7 nitrogen and oxygen atoms in total. The number of nitrogens with two attached hydrogens (primary N) is 2. The van der Waals surface area contributed by atoms with Gasteiger partial charge in [-0.2, -0.15) is 0 Å². The second-order valence-corrected chi connectivity index (χ2v) is 9.55. The van der Waals surface area contributed by atoms with Crippen molar-refractivity contribution < 1.29 is 23.7 Å². The molecule has 0 bridgehead atoms. The van der Waals surface area contributed by atoms with Gasteiger partial charge < -0.3 is 30.4 Å². The highest BCUT2D eigenvalue weighted by atomic mass is 16.5. The van der Waals surface area contributed by atoms with Crippen LogP contribution in [0.25, 0.3) is 0 Å². The van der Waals surface area contributed by atoms with Crippen molar-refractivity contribution >= 4 is 17.2 Å². The summed E-state index contributed by atoms with van der Waals surface area (Å²) in [5.41, 5.74) is 17.7. The molecule has 2 atom stereocenters. The summed E-state index contributed by atoms with van der Waals surface area (Å²) < 4.78 is 22.0. The van der Waals surface area contributed by atoms with Gasteiger partial charge in [-0.3, -0.25) is 4.79 Å². The standard InChI is InChI=1S/C33H36N2O5/c1-37-30-17-26(28(34)19-32(30)39-3)24(21-11-7-5-8-12-21)15-23(36)16-25(22-13-9-6-10-14-22)27-18-31(38-2)33(40-4)20-29(27)35/h5-14,17-20,24-25H,15-16,34-35H2,1-4H3. The summed E-state index contributed by atoms with van der Waals surface area (Å²) in [5.74, 6) is 1.68. The smallest absolute Gasteiger partial charge is 0.162 e. The SMILES string of the molecule is COc1cc(N)c(C(CC(=O)CC(c2ccccc2)c2cc(OC)c(OC)cc2N)c2ccccc2)cc1OC. The van der Waals surface area contributed by atoms with Crippen LogP contribution in [0.15, 0.2) is 84.9 Å². The number of carbonyl (C=O) groups is 1. The maximum Gasteiger partial charge on any atom is 0.162 e. The number of carbonyl (C=O) groups excluding carboxylic acids is 1. The molecule has 0 aliphatic carbocycles. The minimum atomic E-state index is -0.285. The number of anilines is 2. The van der Waals surface area contributed by atoms with Crippen molar-refractivity contribution in [2.24, 2.45) is 0 Å². The summed E-state index contributed by atoms with van der Waals surface area (Å²) in [6.07, 6.45) is 0.473. The lowest BCUT2D eigenvalue weighted by Crippen LogP contribution is -2.15. The van der Waals surface area contributed by atoms with Gasteiger partial charge in [-0.1, -0.05) is 60.7 Å². The van der Waals surface area contributed by atoms with Crippen LogP contribution in [0.1, 0.15) is 46.9 Å². The summed E-state index contributed by atoms with van der Waals surface area (Å²) in [4.78, 5) is 13.9. The Balaban J connectivity index is 1.74. The Labute approximate surface area is 235 Å². The molecule has 4 aromatic carbocycles. The summed E-state index contributed by atoms with van der Waals surface area (Å²) in [6.45, 7) is 0. The van der Waals surface area contributed by atoms with Crippen molar-refractivity contribution in [1.82, 2.24) is 0 Å². The first-order valence-corrected chi connectivity index (χ1v) is 13.0. The van der Waals surface area contributed by atoms with Crippen LogP contribution in [0.5, 0.6) is 23.0 Å². The zero-order valence-electron chi connectivity index (χ0n) is 23.3. The fourth-order valence-electron chi connectivity index (χ4n) is 5.15. The first kappa shape index (κ1) is 28.4. The van der Waals surface area contributed by atoms with Crippen LogP contribution < -0.4 is 30.4 Å². The molecule has 0 spiro atoms. The summed E-state index contributed by atoms with van der Waals surface area (Å²) >= 11 is 0. The molecule has 0 saturated heterocycles. The van der Waals surface area contributed by atoms with Gasteiger partial charge in [0.15, 0.2) is 23.0 Å². The maximum absolute atomic E-state index is 13.9. The van der Waals surface area contributed by atoms with Crippen molar-refractivity contribution in [3.05, 3.63) is 107 Å². The van der Waals surface area contributed by atoms with Crippen LogP contribution in [-0.2, 0) is 4.79 Å². The van der Waals surface area contributed by atoms with Crippen LogP contribution in [0, 0.1) is 0 Å². The number of benzene rings is 4. The molecular formula is C33H36N2O5. The Bertz CT molecular complexity index is 1330. The molecule has 0 aliphatic rings. The normalized spacial score (nSPS) is 12.3. The average molecular weight is 541 g/mol. The number of ether oxygens (including phenoxy) is 4. The number of Topliss-reactive ketones (excluding diaryl/α,β-unsaturated/α-hetero) is 1. The minimum absolute atomic E-state index is 0.0612. The monoisotopic (exact) mass is 540 g/mol. The van der Waals surface area contributed by atoms with Crippen LogP contribution >= 0.6 is 0 Å². The molecule has 4 rings (SSSR count). The highest BCUT2D eigenvalue weighted by molar-refractivity contribution is 5.82. The number of hydrogen-bond acceptors (Lipinski definition) is 7. The minimum Gasteiger partial charge on any atom is -0.493 e. The van der Waals surface area contributed by atoms with Crippen molar-refractivity contribution in [3.63, 3.8) is 0 Å². The molecule has 0 radical (unpaired) electrons. The number of ketones is 1. The van der Waals surface area contributed by atoms with Gasteiger partial charge in [0, 0.05) is 48.2 Å². The third kappa shape index (κ3) is 6.15. The van der Waals surface area contributed by atoms with Crippen molar-refractivity contribution in [1.29, 1.82) is 0 Å². The Kier molecular flexibility index (Phi) is 9.17. The Morgan fingerprint density at radius 2 is 0.900 bits per heavy atom. The van der Waals surface area contributed by atoms with E-state index in [1.54, 1.807) is 40.6 Å². The predicted octanol–water partition coefficient (Wildman–Crippen LogP) is 6.20. The van der Waals surface area contributed by atoms with E-state index in [1.807, 2.05) is 72.8 Å². The van der Waals surface area contributed by atoms with Gasteiger partial charge in [-0.05, 0) is 34.4 Å². The van der Waals surface area contributed by atoms with E-state index < -0.39 is 0 Å². The number of hydrogen-bond donors (Lipinski definition) is 2. The number of rotatable bonds is 12. The van der Waals surface area contributed by atoms with Crippen molar-refractivity contribution in [2.75, 3.05) is 39.9 Å². The van der Waals surface area contributed by atoms with Gasteiger partial charge in [0.1, 0.15) is 5.78 Å². The predicted molar refractivity (Wildman–Crippen MR) is 159 cm³/mol. The van der Waals surface area contributed by atoms with Crippen LogP contribution in [0.3, 0.4) is 0 Å². The van der Waals surface area contributed by atoms with Gasteiger partial charge in [0.25, 0.3) is 0 Å². The molecule has 7 heteroatoms. The van der Waals surface area contributed by atoms with Gasteiger partial charge >= 0.3 is 0 Å². The fraction of sp³-hybridized carbons (Fsp3) is 0.242. The summed E-state index contributed by atoms with van der Waals surface area (Å²) in [6, 6.07) is 27.0. The summed E-state index contributed by atoms with van der Waals surface area (Å²) in [7, 11) is 6.30. The zero-order valence-corrected chi connectivity index (χ0v) is 23.3. The lowest BCUT2D eigenvalue weighted by atomic mass is 9.81. The highest BCUT2D eigenvalue weighted by Crippen LogP contribution is 2.42. The average Bonchev–Trinajstić information content (AvgIpc) is 2.99. The van der Waals surface area contributed by atoms with Gasteiger partial charge in [0.2, 0.25) is 0 Å². The second-order valence-electron chi connectivity index (χ2n) is 9.55. The van der Waals surface area contributed by atoms with Gasteiger partial charge in [0.05, 0.1) is 28.4 Å². The first-order chi connectivity index (χ1) is 19.4. The van der Waals surface area contributed by atoms with Crippen molar-refractivity contribution in [3.8, 4) is 23.0 Å². The number of nitrogen functional groups attached to an aromatic ring is 2. The van der Waals surface area contributed by atoms with E-state index in [9.17, 15) is 4.79 Å². The molecule has 0 fully saturated rings. The van der Waals surface area contributed by atoms with Gasteiger partial charge in [-0.25, -0.2) is 0 Å². The van der Waals surface area contributed by atoms with E-state index in [4.69, 9.17) is 30.4 Å². The summed E-state index contributed by atoms with van der Waals surface area (Å²) in [5, 5.41) is 0. The third-order valence-corrected chi connectivity index (χ3v) is 7.20. The number of methoxy groups -OCH3 is 4. The van der Waals surface area contributed by atoms with Crippen LogP contribution in [0.4, 0.5) is 11.4 Å². The molecule has 0 amide bonds. The second kappa shape index (κ2) is 12.9. The fourth-order valence-corrected chi connectivity index (χ4v) is 5.15. The van der Waals surface area contributed by atoms with E-state index in [0.717, 1.165) is 22.3 Å². The molecule has 0 aliphatic heterocycles. The molecule has 4 aromatic rings. The molecular weight excluding hydrogens is 504 g/mol.